The molecule has 2 nitrogen and oxygen atoms in total. The minimum absolute atomic E-state index is 0.218. The Morgan fingerprint density at radius 3 is 2.20 bits per heavy atom. The summed E-state index contributed by atoms with van der Waals surface area (Å²) in [5, 5.41) is 0. The van der Waals surface area contributed by atoms with Gasteiger partial charge in [-0.15, -0.1) is 0 Å². The molecule has 15 heavy (non-hydrogen) atoms. The third-order valence-corrected chi connectivity index (χ3v) is 2.21. The van der Waals surface area contributed by atoms with E-state index in [1.54, 1.807) is 19.0 Å². The van der Waals surface area contributed by atoms with E-state index in [9.17, 15) is 13.6 Å². The van der Waals surface area contributed by atoms with Crippen LogP contribution in [0.3, 0.4) is 0 Å². The fourth-order valence-electron chi connectivity index (χ4n) is 1.50. The maximum atomic E-state index is 12.9. The van der Waals surface area contributed by atoms with Gasteiger partial charge in [0.1, 0.15) is 17.9 Å². The highest BCUT2D eigenvalue weighted by Crippen LogP contribution is 2.22. The number of benzene rings is 1. The molecule has 0 fully saturated rings. The first-order valence-corrected chi connectivity index (χ1v) is 4.60. The lowest BCUT2D eigenvalue weighted by Crippen LogP contribution is -2.20. The van der Waals surface area contributed by atoms with Crippen LogP contribution < -0.4 is 0 Å². The predicted octanol–water partition coefficient (Wildman–Crippen LogP) is 2.16. The van der Waals surface area contributed by atoms with Crippen LogP contribution in [-0.4, -0.2) is 25.3 Å². The van der Waals surface area contributed by atoms with E-state index in [1.165, 1.54) is 12.1 Å². The van der Waals surface area contributed by atoms with Gasteiger partial charge >= 0.3 is 0 Å². The summed E-state index contributed by atoms with van der Waals surface area (Å²) in [5.41, 5.74) is 0.476. The zero-order chi connectivity index (χ0) is 11.4. The zero-order valence-corrected chi connectivity index (χ0v) is 8.71. The molecule has 4 heteroatoms. The van der Waals surface area contributed by atoms with Crippen molar-refractivity contribution in [2.24, 2.45) is 0 Å². The second kappa shape index (κ2) is 4.98. The van der Waals surface area contributed by atoms with Crippen LogP contribution >= 0.6 is 0 Å². The molecule has 1 unspecified atom stereocenters. The molecule has 0 heterocycles. The quantitative estimate of drug-likeness (QED) is 0.714. The highest BCUT2D eigenvalue weighted by Gasteiger charge is 2.15. The van der Waals surface area contributed by atoms with Crippen molar-refractivity contribution >= 4 is 6.29 Å². The van der Waals surface area contributed by atoms with Gasteiger partial charge in [0.05, 0.1) is 0 Å². The second-order valence-electron chi connectivity index (χ2n) is 3.58. The molecular formula is C11H13F2NO. The summed E-state index contributed by atoms with van der Waals surface area (Å²) in [7, 11) is 3.52. The van der Waals surface area contributed by atoms with Crippen LogP contribution in [-0.2, 0) is 4.79 Å². The number of carbonyl (C=O) groups excluding carboxylic acids is 1. The van der Waals surface area contributed by atoms with Gasteiger partial charge < -0.3 is 9.69 Å². The molecule has 0 spiro atoms. The van der Waals surface area contributed by atoms with Gasteiger partial charge in [-0.05, 0) is 31.8 Å². The van der Waals surface area contributed by atoms with Crippen molar-refractivity contribution in [3.63, 3.8) is 0 Å². The lowest BCUT2D eigenvalue weighted by molar-refractivity contribution is -0.108. The molecule has 0 saturated carbocycles. The smallest absolute Gasteiger partial charge is 0.126 e. The van der Waals surface area contributed by atoms with Crippen LogP contribution in [0.25, 0.3) is 0 Å². The lowest BCUT2D eigenvalue weighted by atomic mass is 10.0. The Kier molecular flexibility index (Phi) is 3.91. The number of hydrogen-bond acceptors (Lipinski definition) is 2. The molecule has 1 aromatic carbocycles. The van der Waals surface area contributed by atoms with Crippen LogP contribution in [0, 0.1) is 11.6 Å². The van der Waals surface area contributed by atoms with Crippen LogP contribution in [0.15, 0.2) is 18.2 Å². The number of carbonyl (C=O) groups is 1. The van der Waals surface area contributed by atoms with E-state index < -0.39 is 11.6 Å². The molecule has 0 aliphatic heterocycles. The van der Waals surface area contributed by atoms with E-state index >= 15 is 0 Å². The molecule has 0 aliphatic carbocycles. The van der Waals surface area contributed by atoms with Crippen LogP contribution in [0.1, 0.15) is 18.0 Å². The minimum Gasteiger partial charge on any atom is -0.303 e. The molecule has 1 aromatic rings. The molecule has 0 radical (unpaired) electrons. The van der Waals surface area contributed by atoms with Gasteiger partial charge in [0.25, 0.3) is 0 Å². The first-order chi connectivity index (χ1) is 7.04. The second-order valence-corrected chi connectivity index (χ2v) is 3.58. The molecule has 0 aliphatic rings. The van der Waals surface area contributed by atoms with Gasteiger partial charge in [0, 0.05) is 18.5 Å². The van der Waals surface area contributed by atoms with Crippen molar-refractivity contribution in [3.05, 3.63) is 35.4 Å². The Hall–Kier alpha value is -1.29. The average Bonchev–Trinajstić information content (AvgIpc) is 2.11. The summed E-state index contributed by atoms with van der Waals surface area (Å²) in [5.74, 6) is -1.24. The summed E-state index contributed by atoms with van der Waals surface area (Å²) in [6, 6.07) is 3.03. The van der Waals surface area contributed by atoms with Gasteiger partial charge in [-0.25, -0.2) is 8.78 Å². The first kappa shape index (κ1) is 11.8. The van der Waals surface area contributed by atoms with Gasteiger partial charge in [-0.3, -0.25) is 0 Å². The third-order valence-electron chi connectivity index (χ3n) is 2.21. The van der Waals surface area contributed by atoms with Crippen LogP contribution in [0.5, 0.6) is 0 Å². The summed E-state index contributed by atoms with van der Waals surface area (Å²) >= 11 is 0. The summed E-state index contributed by atoms with van der Waals surface area (Å²) < 4.78 is 25.9. The van der Waals surface area contributed by atoms with Crippen molar-refractivity contribution in [1.29, 1.82) is 0 Å². The molecule has 82 valence electrons. The SMILES string of the molecule is CN(C)C(CC=O)c1cc(F)cc(F)c1. The van der Waals surface area contributed by atoms with Gasteiger partial charge in [0.2, 0.25) is 0 Å². The predicted molar refractivity (Wildman–Crippen MR) is 53.5 cm³/mol. The Labute approximate surface area is 87.5 Å². The highest BCUT2D eigenvalue weighted by atomic mass is 19.1. The van der Waals surface area contributed by atoms with Crippen molar-refractivity contribution in [2.45, 2.75) is 12.5 Å². The number of aldehydes is 1. The van der Waals surface area contributed by atoms with E-state index in [0.717, 1.165) is 12.4 Å². The molecular weight excluding hydrogens is 200 g/mol. The number of hydrogen-bond donors (Lipinski definition) is 0. The van der Waals surface area contributed by atoms with E-state index in [4.69, 9.17) is 0 Å². The van der Waals surface area contributed by atoms with Crippen LogP contribution in [0.2, 0.25) is 0 Å². The van der Waals surface area contributed by atoms with Crippen molar-refractivity contribution < 1.29 is 13.6 Å². The number of nitrogens with zero attached hydrogens (tertiary/aromatic N) is 1. The van der Waals surface area contributed by atoms with Gasteiger partial charge in [-0.1, -0.05) is 0 Å². The molecule has 0 bridgehead atoms. The molecule has 0 aromatic heterocycles. The van der Waals surface area contributed by atoms with E-state index in [1.807, 2.05) is 0 Å². The van der Waals surface area contributed by atoms with E-state index in [-0.39, 0.29) is 12.5 Å². The van der Waals surface area contributed by atoms with Crippen molar-refractivity contribution in [3.8, 4) is 0 Å². The molecule has 0 saturated heterocycles. The normalized spacial score (nSPS) is 12.9. The Morgan fingerprint density at radius 1 is 1.27 bits per heavy atom. The highest BCUT2D eigenvalue weighted by molar-refractivity contribution is 5.51. The zero-order valence-electron chi connectivity index (χ0n) is 8.71. The fraction of sp³-hybridized carbons (Fsp3) is 0.364. The Bertz CT molecular complexity index is 332. The fourth-order valence-corrected chi connectivity index (χ4v) is 1.50. The monoisotopic (exact) mass is 213 g/mol. The summed E-state index contributed by atoms with van der Waals surface area (Å²) in [6.45, 7) is 0. The summed E-state index contributed by atoms with van der Waals surface area (Å²) in [4.78, 5) is 12.2. The van der Waals surface area contributed by atoms with Gasteiger partial charge in [-0.2, -0.15) is 0 Å². The standard InChI is InChI=1S/C11H13F2NO/c1-14(2)11(3-4-15)8-5-9(12)7-10(13)6-8/h4-7,11H,3H2,1-2H3. The third kappa shape index (κ3) is 3.09. The lowest BCUT2D eigenvalue weighted by Gasteiger charge is -2.22. The van der Waals surface area contributed by atoms with E-state index in [0.29, 0.717) is 5.56 Å². The van der Waals surface area contributed by atoms with Crippen molar-refractivity contribution in [1.82, 2.24) is 4.90 Å². The topological polar surface area (TPSA) is 20.3 Å². The Morgan fingerprint density at radius 2 is 1.80 bits per heavy atom. The minimum atomic E-state index is -0.622. The Balaban J connectivity index is 3.04. The van der Waals surface area contributed by atoms with Gasteiger partial charge in [0.15, 0.2) is 0 Å². The molecule has 1 rings (SSSR count). The molecule has 0 amide bonds. The molecule has 0 N–H and O–H groups in total. The largest absolute Gasteiger partial charge is 0.303 e. The van der Waals surface area contributed by atoms with E-state index in [2.05, 4.69) is 0 Å². The maximum Gasteiger partial charge on any atom is 0.126 e. The van der Waals surface area contributed by atoms with Crippen molar-refractivity contribution in [2.75, 3.05) is 14.1 Å². The average molecular weight is 213 g/mol. The first-order valence-electron chi connectivity index (χ1n) is 4.60. The number of halogens is 2. The number of rotatable bonds is 4. The summed E-state index contributed by atoms with van der Waals surface area (Å²) in [6.07, 6.45) is 0.962. The van der Waals surface area contributed by atoms with Crippen LogP contribution in [0.4, 0.5) is 8.78 Å². The molecule has 1 atom stereocenters. The maximum absolute atomic E-state index is 12.9.